The SMILES string of the molecule is C[C@H](O)C(=O)N1CCC(CCn2c(Sc3cc4c(cc3Cl)OCCO4)nc3c(N)nccc32)C1. The number of amides is 1. The minimum atomic E-state index is -0.967. The third-order valence-electron chi connectivity index (χ3n) is 6.17. The van der Waals surface area contributed by atoms with Crippen molar-refractivity contribution in [3.05, 3.63) is 29.4 Å². The lowest BCUT2D eigenvalue weighted by Gasteiger charge is -2.20. The summed E-state index contributed by atoms with van der Waals surface area (Å²) in [6.07, 6.45) is 2.48. The van der Waals surface area contributed by atoms with Gasteiger partial charge in [0.2, 0.25) is 0 Å². The number of ether oxygens (including phenoxy) is 2. The van der Waals surface area contributed by atoms with Gasteiger partial charge in [-0.05, 0) is 49.6 Å². The summed E-state index contributed by atoms with van der Waals surface area (Å²) >= 11 is 8.00. The Labute approximate surface area is 206 Å². The zero-order chi connectivity index (χ0) is 23.8. The van der Waals surface area contributed by atoms with Crippen LogP contribution < -0.4 is 15.2 Å². The van der Waals surface area contributed by atoms with Crippen LogP contribution >= 0.6 is 23.4 Å². The van der Waals surface area contributed by atoms with Gasteiger partial charge in [0, 0.05) is 36.8 Å². The number of carbonyl (C=O) groups is 1. The summed E-state index contributed by atoms with van der Waals surface area (Å²) in [7, 11) is 0. The van der Waals surface area contributed by atoms with Crippen LogP contribution in [0.25, 0.3) is 11.0 Å². The maximum atomic E-state index is 12.1. The van der Waals surface area contributed by atoms with Crippen LogP contribution in [0.4, 0.5) is 5.82 Å². The minimum Gasteiger partial charge on any atom is -0.486 e. The van der Waals surface area contributed by atoms with E-state index in [1.54, 1.807) is 17.2 Å². The minimum absolute atomic E-state index is 0.209. The number of hydrogen-bond donors (Lipinski definition) is 2. The first-order chi connectivity index (χ1) is 16.4. The highest BCUT2D eigenvalue weighted by Gasteiger charge is 2.28. The molecule has 3 aromatic rings. The van der Waals surface area contributed by atoms with Crippen molar-refractivity contribution in [2.45, 2.75) is 42.5 Å². The molecule has 4 heterocycles. The number of fused-ring (bicyclic) bond motifs is 2. The Balaban J connectivity index is 1.40. The van der Waals surface area contributed by atoms with Crippen molar-refractivity contribution in [2.24, 2.45) is 5.92 Å². The standard InChI is InChI=1S/C23H26ClN5O4S/c1-13(30)22(31)28-6-3-14(12-28)4-7-29-16-2-5-26-21(25)20(16)27-23(29)34-19-11-18-17(10-15(19)24)32-8-9-33-18/h2,5,10-11,13-14,30H,3-4,6-9,12H2,1H3,(H2,25,26)/t13-,14?/m0/s1. The summed E-state index contributed by atoms with van der Waals surface area (Å²) in [6, 6.07) is 5.56. The molecule has 0 aliphatic carbocycles. The number of aromatic nitrogens is 3. The van der Waals surface area contributed by atoms with E-state index in [0.717, 1.165) is 28.4 Å². The second-order valence-electron chi connectivity index (χ2n) is 8.54. The Kier molecular flexibility index (Phi) is 6.46. The number of carbonyl (C=O) groups excluding carboxylic acids is 1. The molecule has 0 spiro atoms. The number of halogens is 1. The number of aliphatic hydroxyl groups excluding tert-OH is 1. The van der Waals surface area contributed by atoms with Gasteiger partial charge >= 0.3 is 0 Å². The van der Waals surface area contributed by atoms with E-state index >= 15 is 0 Å². The molecular weight excluding hydrogens is 478 g/mol. The molecule has 34 heavy (non-hydrogen) atoms. The number of rotatable bonds is 6. The zero-order valence-corrected chi connectivity index (χ0v) is 20.3. The number of hydrogen-bond acceptors (Lipinski definition) is 8. The van der Waals surface area contributed by atoms with Crippen molar-refractivity contribution in [1.29, 1.82) is 0 Å². The topological polar surface area (TPSA) is 116 Å². The third-order valence-corrected chi connectivity index (χ3v) is 7.65. The molecule has 1 fully saturated rings. The Morgan fingerprint density at radius 1 is 1.35 bits per heavy atom. The smallest absolute Gasteiger partial charge is 0.251 e. The Bertz CT molecular complexity index is 1230. The number of benzene rings is 1. The van der Waals surface area contributed by atoms with Crippen LogP contribution in [0.3, 0.4) is 0 Å². The number of nitrogen functional groups attached to an aromatic ring is 1. The van der Waals surface area contributed by atoms with E-state index < -0.39 is 6.10 Å². The van der Waals surface area contributed by atoms with Crippen LogP contribution in [-0.2, 0) is 11.3 Å². The first-order valence-corrected chi connectivity index (χ1v) is 12.4. The van der Waals surface area contributed by atoms with Crippen LogP contribution in [0.5, 0.6) is 11.5 Å². The molecule has 0 bridgehead atoms. The van der Waals surface area contributed by atoms with Crippen molar-refractivity contribution in [3.8, 4) is 11.5 Å². The molecule has 1 amide bonds. The first-order valence-electron chi connectivity index (χ1n) is 11.2. The van der Waals surface area contributed by atoms with E-state index in [0.29, 0.717) is 66.6 Å². The molecule has 2 aliphatic rings. The fourth-order valence-corrected chi connectivity index (χ4v) is 5.64. The number of aryl methyl sites for hydroxylation is 1. The number of anilines is 1. The molecule has 2 aliphatic heterocycles. The van der Waals surface area contributed by atoms with Gasteiger partial charge in [-0.15, -0.1) is 0 Å². The summed E-state index contributed by atoms with van der Waals surface area (Å²) in [5.74, 6) is 1.81. The highest BCUT2D eigenvalue weighted by Crippen LogP contribution is 2.42. The average Bonchev–Trinajstić information content (AvgIpc) is 3.43. The lowest BCUT2D eigenvalue weighted by atomic mass is 10.1. The largest absolute Gasteiger partial charge is 0.486 e. The molecule has 1 aromatic carbocycles. The number of nitrogens with two attached hydrogens (primary N) is 1. The van der Waals surface area contributed by atoms with Crippen molar-refractivity contribution in [2.75, 3.05) is 32.0 Å². The first kappa shape index (κ1) is 23.1. The zero-order valence-electron chi connectivity index (χ0n) is 18.7. The summed E-state index contributed by atoms with van der Waals surface area (Å²) in [5, 5.41) is 10.9. The predicted molar refractivity (Wildman–Crippen MR) is 129 cm³/mol. The normalized spacial score (nSPS) is 18.4. The Hall–Kier alpha value is -2.69. The summed E-state index contributed by atoms with van der Waals surface area (Å²) in [6.45, 7) is 4.53. The molecule has 3 N–H and O–H groups in total. The average molecular weight is 504 g/mol. The molecule has 9 nitrogen and oxygen atoms in total. The van der Waals surface area contributed by atoms with Gasteiger partial charge in [-0.2, -0.15) is 0 Å². The molecule has 2 aromatic heterocycles. The maximum Gasteiger partial charge on any atom is 0.251 e. The summed E-state index contributed by atoms with van der Waals surface area (Å²) < 4.78 is 13.5. The van der Waals surface area contributed by atoms with Crippen molar-refractivity contribution < 1.29 is 19.4 Å². The van der Waals surface area contributed by atoms with Crippen LogP contribution in [-0.4, -0.2) is 62.9 Å². The monoisotopic (exact) mass is 503 g/mol. The van der Waals surface area contributed by atoms with E-state index in [2.05, 4.69) is 9.55 Å². The van der Waals surface area contributed by atoms with Gasteiger partial charge in [-0.25, -0.2) is 9.97 Å². The quantitative estimate of drug-likeness (QED) is 0.527. The molecule has 180 valence electrons. The molecule has 0 radical (unpaired) electrons. The number of likely N-dealkylation sites (tertiary alicyclic amines) is 1. The van der Waals surface area contributed by atoms with Gasteiger partial charge in [0.05, 0.1) is 10.5 Å². The van der Waals surface area contributed by atoms with E-state index in [1.165, 1.54) is 18.7 Å². The van der Waals surface area contributed by atoms with Crippen molar-refractivity contribution in [1.82, 2.24) is 19.4 Å². The van der Waals surface area contributed by atoms with E-state index in [9.17, 15) is 9.90 Å². The molecule has 0 saturated carbocycles. The van der Waals surface area contributed by atoms with Crippen molar-refractivity contribution in [3.63, 3.8) is 0 Å². The maximum absolute atomic E-state index is 12.1. The molecular formula is C23H26ClN5O4S. The highest BCUT2D eigenvalue weighted by atomic mass is 35.5. The highest BCUT2D eigenvalue weighted by molar-refractivity contribution is 7.99. The van der Waals surface area contributed by atoms with Gasteiger partial charge in [-0.3, -0.25) is 4.79 Å². The second kappa shape index (κ2) is 9.52. The van der Waals surface area contributed by atoms with Gasteiger partial charge in [0.25, 0.3) is 5.91 Å². The number of imidazole rings is 1. The molecule has 1 saturated heterocycles. The van der Waals surface area contributed by atoms with Gasteiger partial charge in [0.15, 0.2) is 22.5 Å². The fraction of sp³-hybridized carbons (Fsp3) is 0.435. The van der Waals surface area contributed by atoms with Crippen LogP contribution in [0.15, 0.2) is 34.4 Å². The predicted octanol–water partition coefficient (Wildman–Crippen LogP) is 3.21. The number of nitrogens with zero attached hydrogens (tertiary/aromatic N) is 4. The summed E-state index contributed by atoms with van der Waals surface area (Å²) in [4.78, 5) is 23.7. The van der Waals surface area contributed by atoms with Crippen LogP contribution in [0, 0.1) is 5.92 Å². The number of pyridine rings is 1. The van der Waals surface area contributed by atoms with E-state index in [-0.39, 0.29) is 5.91 Å². The van der Waals surface area contributed by atoms with E-state index in [1.807, 2.05) is 12.1 Å². The number of aliphatic hydroxyl groups is 1. The fourth-order valence-electron chi connectivity index (χ4n) is 4.41. The van der Waals surface area contributed by atoms with Gasteiger partial charge < -0.3 is 29.8 Å². The van der Waals surface area contributed by atoms with Crippen molar-refractivity contribution >= 4 is 46.1 Å². The molecule has 1 unspecified atom stereocenters. The van der Waals surface area contributed by atoms with Gasteiger partial charge in [-0.1, -0.05) is 11.6 Å². The molecule has 2 atom stereocenters. The van der Waals surface area contributed by atoms with Crippen LogP contribution in [0.2, 0.25) is 5.02 Å². The third kappa shape index (κ3) is 4.49. The van der Waals surface area contributed by atoms with Crippen LogP contribution in [0.1, 0.15) is 19.8 Å². The Morgan fingerprint density at radius 2 is 2.12 bits per heavy atom. The summed E-state index contributed by atoms with van der Waals surface area (Å²) in [5.41, 5.74) is 7.67. The molecule has 11 heteroatoms. The molecule has 5 rings (SSSR count). The van der Waals surface area contributed by atoms with Gasteiger partial charge in [0.1, 0.15) is 24.8 Å². The second-order valence-corrected chi connectivity index (χ2v) is 9.96. The lowest BCUT2D eigenvalue weighted by molar-refractivity contribution is -0.138. The Morgan fingerprint density at radius 3 is 2.88 bits per heavy atom. The van der Waals surface area contributed by atoms with E-state index in [4.69, 9.17) is 31.8 Å². The lowest BCUT2D eigenvalue weighted by Crippen LogP contribution is -2.36.